The first-order valence-electron chi connectivity index (χ1n) is 2.96. The minimum atomic E-state index is -3.07. The van der Waals surface area contributed by atoms with Crippen LogP contribution < -0.4 is 0 Å². The number of isocyanates is 1. The third-order valence-electron chi connectivity index (χ3n) is 1.47. The van der Waals surface area contributed by atoms with Gasteiger partial charge in [0.05, 0.1) is 22.9 Å². The van der Waals surface area contributed by atoms with Gasteiger partial charge < -0.3 is 0 Å². The highest BCUT2D eigenvalue weighted by Gasteiger charge is 2.36. The number of rotatable bonds is 1. The molecule has 2 atom stereocenters. The van der Waals surface area contributed by atoms with Crippen LogP contribution in [0.15, 0.2) is 4.99 Å². The number of hydrogen-bond donors (Lipinski definition) is 0. The van der Waals surface area contributed by atoms with Crippen LogP contribution in [0.2, 0.25) is 0 Å². The number of alkyl halides is 1. The molecule has 1 aliphatic rings. The Kier molecular flexibility index (Phi) is 2.32. The van der Waals surface area contributed by atoms with Gasteiger partial charge in [-0.15, -0.1) is 11.6 Å². The summed E-state index contributed by atoms with van der Waals surface area (Å²) in [6, 6.07) is -0.598. The van der Waals surface area contributed by atoms with E-state index in [9.17, 15) is 13.2 Å². The molecule has 0 aliphatic carbocycles. The predicted molar refractivity (Wildman–Crippen MR) is 40.2 cm³/mol. The molecule has 0 amide bonds. The second-order valence-electron chi connectivity index (χ2n) is 2.38. The second-order valence-corrected chi connectivity index (χ2v) is 5.10. The Morgan fingerprint density at radius 3 is 2.45 bits per heavy atom. The van der Waals surface area contributed by atoms with Crippen molar-refractivity contribution in [2.45, 2.75) is 11.4 Å². The summed E-state index contributed by atoms with van der Waals surface area (Å²) in [6.45, 7) is 0. The van der Waals surface area contributed by atoms with Crippen LogP contribution in [0.5, 0.6) is 0 Å². The molecule has 0 spiro atoms. The van der Waals surface area contributed by atoms with Crippen LogP contribution in [-0.2, 0) is 14.6 Å². The van der Waals surface area contributed by atoms with Gasteiger partial charge in [0, 0.05) is 0 Å². The van der Waals surface area contributed by atoms with Crippen molar-refractivity contribution in [2.75, 3.05) is 11.5 Å². The van der Waals surface area contributed by atoms with Crippen molar-refractivity contribution >= 4 is 27.5 Å². The van der Waals surface area contributed by atoms with Gasteiger partial charge in [-0.3, -0.25) is 0 Å². The van der Waals surface area contributed by atoms with Gasteiger partial charge in [-0.05, 0) is 0 Å². The van der Waals surface area contributed by atoms with E-state index in [1.54, 1.807) is 0 Å². The van der Waals surface area contributed by atoms with Crippen LogP contribution >= 0.6 is 11.6 Å². The predicted octanol–water partition coefficient (Wildman–Crippen LogP) is -0.273. The van der Waals surface area contributed by atoms with Crippen molar-refractivity contribution in [1.29, 1.82) is 0 Å². The summed E-state index contributed by atoms with van der Waals surface area (Å²) in [7, 11) is -3.07. The number of halogens is 1. The second kappa shape index (κ2) is 2.93. The Morgan fingerprint density at radius 2 is 2.09 bits per heavy atom. The highest BCUT2D eigenvalue weighted by atomic mass is 35.5. The molecule has 0 saturated carbocycles. The van der Waals surface area contributed by atoms with Gasteiger partial charge in [0.15, 0.2) is 9.84 Å². The average Bonchev–Trinajstić information content (AvgIpc) is 2.07. The van der Waals surface area contributed by atoms with Crippen molar-refractivity contribution < 1.29 is 13.2 Å². The smallest absolute Gasteiger partial charge is 0.229 e. The minimum Gasteiger partial charge on any atom is -0.229 e. The lowest BCUT2D eigenvalue weighted by atomic mass is 10.3. The van der Waals surface area contributed by atoms with Crippen molar-refractivity contribution in [3.05, 3.63) is 0 Å². The lowest BCUT2D eigenvalue weighted by Crippen LogP contribution is -2.15. The fourth-order valence-corrected chi connectivity index (χ4v) is 3.47. The third-order valence-corrected chi connectivity index (χ3v) is 3.82. The van der Waals surface area contributed by atoms with Gasteiger partial charge in [0.2, 0.25) is 6.08 Å². The van der Waals surface area contributed by atoms with Crippen molar-refractivity contribution in [3.63, 3.8) is 0 Å². The molecule has 1 saturated heterocycles. The standard InChI is InChI=1S/C5H6ClNO3S/c6-4-1-11(9,10)2-5(4)7-3-8/h4-5H,1-2H2/t4-,5+/m1/s1. The quantitative estimate of drug-likeness (QED) is 0.329. The molecule has 0 aromatic rings. The maximum Gasteiger partial charge on any atom is 0.235 e. The monoisotopic (exact) mass is 195 g/mol. The van der Waals surface area contributed by atoms with Gasteiger partial charge in [0.1, 0.15) is 0 Å². The molecular formula is C5H6ClNO3S. The zero-order chi connectivity index (χ0) is 8.48. The Bertz CT molecular complexity index is 293. The molecule has 62 valence electrons. The highest BCUT2D eigenvalue weighted by Crippen LogP contribution is 2.20. The largest absolute Gasteiger partial charge is 0.235 e. The maximum absolute atomic E-state index is 10.9. The van der Waals surface area contributed by atoms with Gasteiger partial charge >= 0.3 is 0 Å². The van der Waals surface area contributed by atoms with E-state index in [-0.39, 0.29) is 11.5 Å². The molecule has 1 heterocycles. The molecule has 0 aromatic carbocycles. The number of aliphatic imine (C=N–C) groups is 1. The van der Waals surface area contributed by atoms with E-state index in [2.05, 4.69) is 4.99 Å². The van der Waals surface area contributed by atoms with Crippen LogP contribution in [0.4, 0.5) is 0 Å². The molecule has 4 nitrogen and oxygen atoms in total. The number of hydrogen-bond acceptors (Lipinski definition) is 4. The summed E-state index contributed by atoms with van der Waals surface area (Å²) < 4.78 is 21.7. The highest BCUT2D eigenvalue weighted by molar-refractivity contribution is 7.91. The molecule has 0 aromatic heterocycles. The van der Waals surface area contributed by atoms with Crippen LogP contribution in [0, 0.1) is 0 Å². The SMILES string of the molecule is O=C=N[C@H]1CS(=O)(=O)C[C@H]1Cl. The van der Waals surface area contributed by atoms with Crippen molar-refractivity contribution in [2.24, 2.45) is 4.99 Å². The Labute approximate surface area is 69.2 Å². The lowest BCUT2D eigenvalue weighted by Gasteiger charge is -1.99. The van der Waals surface area contributed by atoms with E-state index in [0.717, 1.165) is 0 Å². The Hall–Kier alpha value is -0.380. The first kappa shape index (κ1) is 8.71. The normalized spacial score (nSPS) is 34.6. The molecule has 11 heavy (non-hydrogen) atoms. The van der Waals surface area contributed by atoms with Gasteiger partial charge in [-0.2, -0.15) is 4.99 Å². The summed E-state index contributed by atoms with van der Waals surface area (Å²) in [5.74, 6) is -0.221. The van der Waals surface area contributed by atoms with E-state index in [0.29, 0.717) is 0 Å². The first-order valence-corrected chi connectivity index (χ1v) is 5.22. The van der Waals surface area contributed by atoms with E-state index < -0.39 is 21.3 Å². The number of nitrogens with zero attached hydrogens (tertiary/aromatic N) is 1. The molecular weight excluding hydrogens is 190 g/mol. The number of sulfone groups is 1. The summed E-state index contributed by atoms with van der Waals surface area (Å²) in [6.07, 6.45) is 1.30. The van der Waals surface area contributed by atoms with E-state index in [4.69, 9.17) is 11.6 Å². The van der Waals surface area contributed by atoms with E-state index in [1.165, 1.54) is 6.08 Å². The molecule has 0 unspecified atom stereocenters. The fourth-order valence-electron chi connectivity index (χ4n) is 0.972. The van der Waals surface area contributed by atoms with Crippen LogP contribution in [0.25, 0.3) is 0 Å². The molecule has 0 N–H and O–H groups in total. The Morgan fingerprint density at radius 1 is 1.45 bits per heavy atom. The first-order chi connectivity index (χ1) is 5.05. The zero-order valence-corrected chi connectivity index (χ0v) is 7.10. The molecule has 1 fully saturated rings. The Balaban J connectivity index is 2.82. The average molecular weight is 196 g/mol. The molecule has 1 rings (SSSR count). The molecule has 6 heteroatoms. The van der Waals surface area contributed by atoms with Gasteiger partial charge in [-0.25, -0.2) is 13.2 Å². The minimum absolute atomic E-state index is 0.0929. The van der Waals surface area contributed by atoms with Gasteiger partial charge in [0.25, 0.3) is 0 Å². The summed E-state index contributed by atoms with van der Waals surface area (Å²) in [5, 5.41) is -0.568. The van der Waals surface area contributed by atoms with Crippen molar-refractivity contribution in [3.8, 4) is 0 Å². The van der Waals surface area contributed by atoms with Gasteiger partial charge in [-0.1, -0.05) is 0 Å². The van der Waals surface area contributed by atoms with Crippen LogP contribution in [-0.4, -0.2) is 37.4 Å². The molecule has 1 aliphatic heterocycles. The van der Waals surface area contributed by atoms with Crippen molar-refractivity contribution in [1.82, 2.24) is 0 Å². The van der Waals surface area contributed by atoms with Crippen LogP contribution in [0.3, 0.4) is 0 Å². The topological polar surface area (TPSA) is 63.6 Å². The molecule has 0 radical (unpaired) electrons. The summed E-state index contributed by atoms with van der Waals surface area (Å²) in [5.41, 5.74) is 0. The summed E-state index contributed by atoms with van der Waals surface area (Å²) in [4.78, 5) is 13.1. The molecule has 0 bridgehead atoms. The zero-order valence-electron chi connectivity index (χ0n) is 5.53. The summed E-state index contributed by atoms with van der Waals surface area (Å²) >= 11 is 5.59. The number of carbonyl (C=O) groups excluding carboxylic acids is 1. The van der Waals surface area contributed by atoms with E-state index in [1.807, 2.05) is 0 Å². The third kappa shape index (κ3) is 2.02. The van der Waals surface area contributed by atoms with E-state index >= 15 is 0 Å². The van der Waals surface area contributed by atoms with Crippen LogP contribution in [0.1, 0.15) is 0 Å². The maximum atomic E-state index is 10.9. The fraction of sp³-hybridized carbons (Fsp3) is 0.800. The lowest BCUT2D eigenvalue weighted by molar-refractivity contribution is 0.559.